The van der Waals surface area contributed by atoms with Gasteiger partial charge in [-0.1, -0.05) is 65.8 Å². The topological polar surface area (TPSA) is 107 Å². The second kappa shape index (κ2) is 17.6. The van der Waals surface area contributed by atoms with Gasteiger partial charge in [-0.3, -0.25) is 4.79 Å². The predicted molar refractivity (Wildman–Crippen MR) is 180 cm³/mol. The summed E-state index contributed by atoms with van der Waals surface area (Å²) < 4.78 is 32.5. The summed E-state index contributed by atoms with van der Waals surface area (Å²) in [7, 11) is 1.34. The van der Waals surface area contributed by atoms with Crippen LogP contribution < -0.4 is 9.47 Å². The Labute approximate surface area is 278 Å². The maximum Gasteiger partial charge on any atom is 0.343 e. The van der Waals surface area contributed by atoms with Crippen LogP contribution in [0, 0.1) is 16.7 Å². The highest BCUT2D eigenvalue weighted by Crippen LogP contribution is 2.36. The maximum absolute atomic E-state index is 12.6. The van der Waals surface area contributed by atoms with Crippen molar-refractivity contribution in [2.75, 3.05) is 46.8 Å². The van der Waals surface area contributed by atoms with Crippen molar-refractivity contribution >= 4 is 17.9 Å². The van der Waals surface area contributed by atoms with E-state index in [1.165, 1.54) is 7.11 Å². The molecule has 0 N–H and O–H groups in total. The summed E-state index contributed by atoms with van der Waals surface area (Å²) in [6.45, 7) is 14.6. The van der Waals surface area contributed by atoms with Gasteiger partial charge >= 0.3 is 17.9 Å². The molecule has 1 atom stereocenters. The van der Waals surface area contributed by atoms with Gasteiger partial charge in [0.05, 0.1) is 50.6 Å². The van der Waals surface area contributed by atoms with Crippen molar-refractivity contribution in [2.24, 2.45) is 16.7 Å². The van der Waals surface area contributed by atoms with Crippen molar-refractivity contribution < 1.29 is 42.8 Å². The molecule has 0 heterocycles. The molecular weight excluding hydrogens is 600 g/mol. The Balaban J connectivity index is 1.29. The van der Waals surface area contributed by atoms with E-state index in [0.29, 0.717) is 55.7 Å². The molecule has 0 aromatic heterocycles. The van der Waals surface area contributed by atoms with E-state index in [4.69, 9.17) is 28.4 Å². The minimum Gasteiger partial charge on any atom is -0.491 e. The molecule has 254 valence electrons. The zero-order valence-electron chi connectivity index (χ0n) is 28.6. The van der Waals surface area contributed by atoms with E-state index in [2.05, 4.69) is 41.5 Å². The lowest BCUT2D eigenvalue weighted by Gasteiger charge is -2.33. The van der Waals surface area contributed by atoms with Crippen LogP contribution in [0.4, 0.5) is 0 Å². The molecule has 3 rings (SSSR count). The van der Waals surface area contributed by atoms with Crippen molar-refractivity contribution in [1.82, 2.24) is 0 Å². The molecule has 0 fully saturated rings. The first-order valence-electron chi connectivity index (χ1n) is 15.8. The minimum atomic E-state index is -0.483. The Morgan fingerprint density at radius 2 is 1.06 bits per heavy atom. The van der Waals surface area contributed by atoms with Crippen LogP contribution in [0.2, 0.25) is 0 Å². The number of rotatable bonds is 16. The number of methoxy groups -OCH3 is 1. The molecule has 0 saturated carbocycles. The SMILES string of the molecule is COC(=O)c1ccc(-c2ccc(OC(=O)c3ccc(OCCOCCOCCOC(=O)C(CC(C)(C)C)C(C)(C)C)cc3)cc2)cc1. The van der Waals surface area contributed by atoms with Gasteiger partial charge < -0.3 is 28.4 Å². The Bertz CT molecular complexity index is 1410. The average Bonchev–Trinajstić information content (AvgIpc) is 3.03. The van der Waals surface area contributed by atoms with Crippen molar-refractivity contribution in [2.45, 2.75) is 48.0 Å². The second-order valence-corrected chi connectivity index (χ2v) is 13.4. The standard InChI is InChI=1S/C38H48O9/c1-37(2,3)26-33(38(4,5)6)36(41)46-25-23-44-21-20-43-22-24-45-31-16-14-30(15-17-31)35(40)47-32-18-12-28(13-19-32)27-8-10-29(11-9-27)34(39)42-7/h8-19,33H,20-26H2,1-7H3. The van der Waals surface area contributed by atoms with Crippen LogP contribution in [-0.4, -0.2) is 64.7 Å². The summed E-state index contributed by atoms with van der Waals surface area (Å²) in [5.74, 6) is -0.206. The van der Waals surface area contributed by atoms with Gasteiger partial charge in [-0.15, -0.1) is 0 Å². The fourth-order valence-corrected chi connectivity index (χ4v) is 4.68. The summed E-state index contributed by atoms with van der Waals surface area (Å²) in [5.41, 5.74) is 2.56. The molecule has 0 saturated heterocycles. The summed E-state index contributed by atoms with van der Waals surface area (Å²) in [6, 6.07) is 20.9. The number of carbonyl (C=O) groups excluding carboxylic acids is 3. The number of carbonyl (C=O) groups is 3. The van der Waals surface area contributed by atoms with Gasteiger partial charge in [0.25, 0.3) is 0 Å². The molecule has 0 radical (unpaired) electrons. The summed E-state index contributed by atoms with van der Waals surface area (Å²) in [6.07, 6.45) is 0.762. The maximum atomic E-state index is 12.6. The van der Waals surface area contributed by atoms with Crippen molar-refractivity contribution in [3.8, 4) is 22.6 Å². The van der Waals surface area contributed by atoms with Gasteiger partial charge in [0.15, 0.2) is 0 Å². The van der Waals surface area contributed by atoms with Gasteiger partial charge in [0, 0.05) is 0 Å². The van der Waals surface area contributed by atoms with Crippen molar-refractivity contribution in [3.63, 3.8) is 0 Å². The Morgan fingerprint density at radius 1 is 0.596 bits per heavy atom. The second-order valence-electron chi connectivity index (χ2n) is 13.4. The number of esters is 3. The van der Waals surface area contributed by atoms with E-state index in [1.807, 2.05) is 24.3 Å². The lowest BCUT2D eigenvalue weighted by Crippen LogP contribution is -2.34. The van der Waals surface area contributed by atoms with E-state index >= 15 is 0 Å². The quantitative estimate of drug-likeness (QED) is 0.0891. The monoisotopic (exact) mass is 648 g/mol. The molecule has 0 aliphatic carbocycles. The summed E-state index contributed by atoms with van der Waals surface area (Å²) in [4.78, 5) is 36.9. The molecule has 0 aliphatic rings. The Morgan fingerprint density at radius 3 is 1.60 bits per heavy atom. The molecule has 0 spiro atoms. The van der Waals surface area contributed by atoms with E-state index in [9.17, 15) is 14.4 Å². The molecule has 3 aromatic carbocycles. The minimum absolute atomic E-state index is 0.0350. The third kappa shape index (κ3) is 12.8. The highest BCUT2D eigenvalue weighted by molar-refractivity contribution is 5.91. The molecule has 0 aliphatic heterocycles. The number of hydrogen-bond donors (Lipinski definition) is 0. The van der Waals surface area contributed by atoms with Crippen LogP contribution >= 0.6 is 0 Å². The molecule has 9 heteroatoms. The van der Waals surface area contributed by atoms with E-state index in [-0.39, 0.29) is 35.3 Å². The third-order valence-corrected chi connectivity index (χ3v) is 7.28. The van der Waals surface area contributed by atoms with Crippen LogP contribution in [0.1, 0.15) is 68.7 Å². The number of benzene rings is 3. The van der Waals surface area contributed by atoms with Crippen LogP contribution in [0.25, 0.3) is 11.1 Å². The third-order valence-electron chi connectivity index (χ3n) is 7.28. The number of ether oxygens (including phenoxy) is 6. The smallest absolute Gasteiger partial charge is 0.343 e. The highest BCUT2D eigenvalue weighted by atomic mass is 16.6. The first kappa shape index (κ1) is 37.2. The largest absolute Gasteiger partial charge is 0.491 e. The first-order chi connectivity index (χ1) is 22.3. The molecular formula is C38H48O9. The molecule has 0 amide bonds. The Kier molecular flexibility index (Phi) is 14.0. The van der Waals surface area contributed by atoms with Gasteiger partial charge in [-0.25, -0.2) is 9.59 Å². The predicted octanol–water partition coefficient (Wildman–Crippen LogP) is 7.41. The lowest BCUT2D eigenvalue weighted by atomic mass is 9.72. The van der Waals surface area contributed by atoms with Crippen LogP contribution in [-0.2, 0) is 23.7 Å². The fourth-order valence-electron chi connectivity index (χ4n) is 4.68. The molecule has 0 bridgehead atoms. The number of hydrogen-bond acceptors (Lipinski definition) is 9. The van der Waals surface area contributed by atoms with Gasteiger partial charge in [0.2, 0.25) is 0 Å². The van der Waals surface area contributed by atoms with Crippen LogP contribution in [0.15, 0.2) is 72.8 Å². The molecule has 9 nitrogen and oxygen atoms in total. The van der Waals surface area contributed by atoms with E-state index in [1.54, 1.807) is 48.5 Å². The zero-order valence-corrected chi connectivity index (χ0v) is 28.6. The summed E-state index contributed by atoms with van der Waals surface area (Å²) in [5, 5.41) is 0. The zero-order chi connectivity index (χ0) is 34.5. The van der Waals surface area contributed by atoms with Gasteiger partial charge in [-0.05, 0) is 76.9 Å². The average molecular weight is 649 g/mol. The van der Waals surface area contributed by atoms with Crippen molar-refractivity contribution in [1.29, 1.82) is 0 Å². The summed E-state index contributed by atoms with van der Waals surface area (Å²) >= 11 is 0. The van der Waals surface area contributed by atoms with Crippen LogP contribution in [0.3, 0.4) is 0 Å². The van der Waals surface area contributed by atoms with Crippen LogP contribution in [0.5, 0.6) is 11.5 Å². The van der Waals surface area contributed by atoms with Crippen molar-refractivity contribution in [3.05, 3.63) is 83.9 Å². The molecule has 47 heavy (non-hydrogen) atoms. The lowest BCUT2D eigenvalue weighted by molar-refractivity contribution is -0.155. The molecule has 1 unspecified atom stereocenters. The normalized spacial score (nSPS) is 12.2. The first-order valence-corrected chi connectivity index (χ1v) is 15.8. The van der Waals surface area contributed by atoms with Gasteiger partial charge in [-0.2, -0.15) is 0 Å². The Hall–Kier alpha value is -4.21. The van der Waals surface area contributed by atoms with E-state index < -0.39 is 5.97 Å². The van der Waals surface area contributed by atoms with E-state index in [0.717, 1.165) is 17.5 Å². The fraction of sp³-hybridized carbons (Fsp3) is 0.447. The van der Waals surface area contributed by atoms with Gasteiger partial charge in [0.1, 0.15) is 24.7 Å². The molecule has 3 aromatic rings. The highest BCUT2D eigenvalue weighted by Gasteiger charge is 2.35.